The second-order valence-electron chi connectivity index (χ2n) is 5.91. The third-order valence-electron chi connectivity index (χ3n) is 3.23. The minimum absolute atomic E-state index is 0.181. The Hall–Kier alpha value is -2.00. The van der Waals surface area contributed by atoms with Crippen LogP contribution in [0.25, 0.3) is 0 Å². The first-order valence-corrected chi connectivity index (χ1v) is 6.78. The summed E-state index contributed by atoms with van der Waals surface area (Å²) in [6, 6.07) is 16.2. The topological polar surface area (TPSA) is 47.3 Å². The Kier molecular flexibility index (Phi) is 4.30. The molecule has 2 aromatic rings. The largest absolute Gasteiger partial charge is 0.489 e. The fraction of sp³-hybridized carbons (Fsp3) is 0.294. The molecule has 0 atom stereocenters. The van der Waals surface area contributed by atoms with Crippen LogP contribution in [0, 0.1) is 0 Å². The molecule has 3 heteroatoms. The van der Waals surface area contributed by atoms with Crippen molar-refractivity contribution in [3.63, 3.8) is 0 Å². The van der Waals surface area contributed by atoms with Gasteiger partial charge in [0.15, 0.2) is 0 Å². The lowest BCUT2D eigenvalue weighted by molar-refractivity contribution is 0.306. The zero-order valence-electron chi connectivity index (χ0n) is 12.3. The molecule has 0 bridgehead atoms. The first-order chi connectivity index (χ1) is 9.49. The highest BCUT2D eigenvalue weighted by atomic mass is 16.5. The van der Waals surface area contributed by atoms with E-state index >= 15 is 0 Å². The Morgan fingerprint density at radius 2 is 1.75 bits per heavy atom. The van der Waals surface area contributed by atoms with Gasteiger partial charge in [-0.1, -0.05) is 51.1 Å². The van der Waals surface area contributed by atoms with Gasteiger partial charge in [-0.05, 0) is 28.7 Å². The molecule has 0 fully saturated rings. The number of anilines is 1. The van der Waals surface area contributed by atoms with Gasteiger partial charge in [0.05, 0.1) is 5.69 Å². The molecular formula is C17H22N2O. The zero-order valence-corrected chi connectivity index (χ0v) is 12.3. The highest BCUT2D eigenvalue weighted by molar-refractivity contribution is 5.47. The van der Waals surface area contributed by atoms with Crippen molar-refractivity contribution in [2.24, 2.45) is 5.84 Å². The van der Waals surface area contributed by atoms with Crippen LogP contribution in [0.5, 0.6) is 5.75 Å². The van der Waals surface area contributed by atoms with Gasteiger partial charge in [0.2, 0.25) is 0 Å². The molecule has 0 aromatic heterocycles. The lowest BCUT2D eigenvalue weighted by Crippen LogP contribution is -2.10. The number of hydrazine groups is 1. The summed E-state index contributed by atoms with van der Waals surface area (Å²) in [5.41, 5.74) is 6.12. The molecule has 0 aliphatic heterocycles. The molecule has 0 aliphatic carbocycles. The molecule has 0 unspecified atom stereocenters. The van der Waals surface area contributed by atoms with Gasteiger partial charge < -0.3 is 10.2 Å². The molecule has 3 N–H and O–H groups in total. The normalized spacial score (nSPS) is 11.2. The van der Waals surface area contributed by atoms with E-state index in [1.165, 1.54) is 5.56 Å². The van der Waals surface area contributed by atoms with Crippen molar-refractivity contribution in [2.45, 2.75) is 32.8 Å². The summed E-state index contributed by atoms with van der Waals surface area (Å²) in [5, 5.41) is 0. The summed E-state index contributed by atoms with van der Waals surface area (Å²) >= 11 is 0. The third-order valence-corrected chi connectivity index (χ3v) is 3.23. The average Bonchev–Trinajstić information content (AvgIpc) is 2.45. The van der Waals surface area contributed by atoms with Crippen molar-refractivity contribution in [1.82, 2.24) is 0 Å². The molecule has 0 amide bonds. The van der Waals surface area contributed by atoms with E-state index in [1.807, 2.05) is 24.3 Å². The van der Waals surface area contributed by atoms with Crippen LogP contribution in [-0.4, -0.2) is 0 Å². The van der Waals surface area contributed by atoms with Crippen LogP contribution in [0.1, 0.15) is 31.9 Å². The quantitative estimate of drug-likeness (QED) is 0.655. The van der Waals surface area contributed by atoms with E-state index in [0.29, 0.717) is 6.61 Å². The summed E-state index contributed by atoms with van der Waals surface area (Å²) in [7, 11) is 0. The molecule has 0 aliphatic rings. The lowest BCUT2D eigenvalue weighted by Gasteiger charge is -2.19. The predicted octanol–water partition coefficient (Wildman–Crippen LogP) is 3.85. The number of ether oxygens (including phenoxy) is 1. The predicted molar refractivity (Wildman–Crippen MR) is 83.7 cm³/mol. The van der Waals surface area contributed by atoms with E-state index in [4.69, 9.17) is 10.6 Å². The molecule has 0 spiro atoms. The van der Waals surface area contributed by atoms with Gasteiger partial charge in [-0.25, -0.2) is 0 Å². The fourth-order valence-corrected chi connectivity index (χ4v) is 1.94. The molecule has 106 valence electrons. The van der Waals surface area contributed by atoms with Crippen molar-refractivity contribution in [3.8, 4) is 5.75 Å². The van der Waals surface area contributed by atoms with Gasteiger partial charge in [0.1, 0.15) is 12.4 Å². The molecule has 2 rings (SSSR count). The summed E-state index contributed by atoms with van der Waals surface area (Å²) in [6.07, 6.45) is 0. The average molecular weight is 270 g/mol. The van der Waals surface area contributed by atoms with Gasteiger partial charge in [-0.2, -0.15) is 0 Å². The standard InChI is InChI=1S/C17H22N2O/c1-17(2,3)14-9-7-13(8-10-14)12-20-16-6-4-5-15(11-16)19-18/h4-11,19H,12,18H2,1-3H3. The van der Waals surface area contributed by atoms with E-state index in [2.05, 4.69) is 50.5 Å². The number of nitrogen functional groups attached to an aromatic ring is 1. The summed E-state index contributed by atoms with van der Waals surface area (Å²) in [5.74, 6) is 6.18. The van der Waals surface area contributed by atoms with Crippen molar-refractivity contribution >= 4 is 5.69 Å². The summed E-state index contributed by atoms with van der Waals surface area (Å²) in [6.45, 7) is 7.19. The van der Waals surface area contributed by atoms with Gasteiger partial charge >= 0.3 is 0 Å². The SMILES string of the molecule is CC(C)(C)c1ccc(COc2cccc(NN)c2)cc1. The van der Waals surface area contributed by atoms with E-state index in [0.717, 1.165) is 17.0 Å². The number of rotatable bonds is 4. The first-order valence-electron chi connectivity index (χ1n) is 6.78. The van der Waals surface area contributed by atoms with E-state index in [1.54, 1.807) is 0 Å². The lowest BCUT2D eigenvalue weighted by atomic mass is 9.87. The molecular weight excluding hydrogens is 248 g/mol. The Bertz CT molecular complexity index is 556. The second kappa shape index (κ2) is 5.97. The van der Waals surface area contributed by atoms with Gasteiger partial charge in [-0.3, -0.25) is 5.84 Å². The van der Waals surface area contributed by atoms with Crippen LogP contribution in [0.2, 0.25) is 0 Å². The third kappa shape index (κ3) is 3.75. The Labute approximate surface area is 120 Å². The summed E-state index contributed by atoms with van der Waals surface area (Å²) < 4.78 is 5.76. The highest BCUT2D eigenvalue weighted by Crippen LogP contribution is 2.23. The van der Waals surface area contributed by atoms with Crippen LogP contribution in [0.4, 0.5) is 5.69 Å². The summed E-state index contributed by atoms with van der Waals surface area (Å²) in [4.78, 5) is 0. The monoisotopic (exact) mass is 270 g/mol. The number of benzene rings is 2. The van der Waals surface area contributed by atoms with E-state index < -0.39 is 0 Å². The fourth-order valence-electron chi connectivity index (χ4n) is 1.94. The van der Waals surface area contributed by atoms with Crippen molar-refractivity contribution < 1.29 is 4.74 Å². The maximum Gasteiger partial charge on any atom is 0.121 e. The molecule has 2 aromatic carbocycles. The second-order valence-corrected chi connectivity index (χ2v) is 5.91. The van der Waals surface area contributed by atoms with Crippen LogP contribution < -0.4 is 16.0 Å². The van der Waals surface area contributed by atoms with Crippen LogP contribution in [0.3, 0.4) is 0 Å². The van der Waals surface area contributed by atoms with Gasteiger partial charge in [0, 0.05) is 6.07 Å². The van der Waals surface area contributed by atoms with Gasteiger partial charge in [-0.15, -0.1) is 0 Å². The molecule has 0 saturated carbocycles. The maximum atomic E-state index is 5.76. The van der Waals surface area contributed by atoms with E-state index in [-0.39, 0.29) is 5.41 Å². The molecule has 0 heterocycles. The zero-order chi connectivity index (χ0) is 14.6. The number of nitrogens with one attached hydrogen (secondary N) is 1. The maximum absolute atomic E-state index is 5.76. The molecule has 0 saturated heterocycles. The van der Waals surface area contributed by atoms with E-state index in [9.17, 15) is 0 Å². The highest BCUT2D eigenvalue weighted by Gasteiger charge is 2.12. The minimum atomic E-state index is 0.181. The Morgan fingerprint density at radius 1 is 1.05 bits per heavy atom. The first kappa shape index (κ1) is 14.4. The number of hydrogen-bond acceptors (Lipinski definition) is 3. The number of nitrogens with two attached hydrogens (primary N) is 1. The van der Waals surface area contributed by atoms with Crippen molar-refractivity contribution in [3.05, 3.63) is 59.7 Å². The molecule has 3 nitrogen and oxygen atoms in total. The number of hydrogen-bond donors (Lipinski definition) is 2. The smallest absolute Gasteiger partial charge is 0.121 e. The van der Waals surface area contributed by atoms with Crippen LogP contribution >= 0.6 is 0 Å². The van der Waals surface area contributed by atoms with Crippen molar-refractivity contribution in [1.29, 1.82) is 0 Å². The Balaban J connectivity index is 2.00. The van der Waals surface area contributed by atoms with Gasteiger partial charge in [0.25, 0.3) is 0 Å². The van der Waals surface area contributed by atoms with Crippen LogP contribution in [-0.2, 0) is 12.0 Å². The van der Waals surface area contributed by atoms with Crippen molar-refractivity contribution in [2.75, 3.05) is 5.43 Å². The molecule has 20 heavy (non-hydrogen) atoms. The molecule has 0 radical (unpaired) electrons. The Morgan fingerprint density at radius 3 is 2.35 bits per heavy atom. The van der Waals surface area contributed by atoms with Crippen LogP contribution in [0.15, 0.2) is 48.5 Å². The minimum Gasteiger partial charge on any atom is -0.489 e.